The Labute approximate surface area is 67.2 Å². The molecule has 0 saturated carbocycles. The summed E-state index contributed by atoms with van der Waals surface area (Å²) in [6, 6.07) is 0.409. The van der Waals surface area contributed by atoms with Gasteiger partial charge in [0.15, 0.2) is 0 Å². The van der Waals surface area contributed by atoms with Crippen LogP contribution in [-0.2, 0) is 4.74 Å². The molecule has 4 heteroatoms. The van der Waals surface area contributed by atoms with Crippen molar-refractivity contribution in [2.45, 2.75) is 6.04 Å². The molecule has 0 aromatic rings. The average molecular weight is 157 g/mol. The smallest absolute Gasteiger partial charge is 0.0654 e. The summed E-state index contributed by atoms with van der Waals surface area (Å²) in [7, 11) is 3.64. The lowest BCUT2D eigenvalue weighted by Gasteiger charge is -2.14. The van der Waals surface area contributed by atoms with Crippen LogP contribution in [0.4, 0.5) is 0 Å². The molecule has 0 fully saturated rings. The number of rotatable bonds is 4. The molecule has 1 heterocycles. The standard InChI is InChI=1S/C7H15N3O/c1-8-7-5-9-10(6-7)3-4-11-2/h5,7-8H,3-4,6H2,1-2H3. The van der Waals surface area contributed by atoms with Crippen molar-refractivity contribution in [3.63, 3.8) is 0 Å². The quantitative estimate of drug-likeness (QED) is 0.599. The molecular formula is C7H15N3O. The summed E-state index contributed by atoms with van der Waals surface area (Å²) in [5, 5.41) is 9.33. The lowest BCUT2D eigenvalue weighted by Crippen LogP contribution is -2.33. The molecular weight excluding hydrogens is 142 g/mol. The fourth-order valence-corrected chi connectivity index (χ4v) is 1.01. The first kappa shape index (κ1) is 8.49. The van der Waals surface area contributed by atoms with Gasteiger partial charge in [-0.3, -0.25) is 5.01 Å². The van der Waals surface area contributed by atoms with Gasteiger partial charge in [-0.15, -0.1) is 0 Å². The van der Waals surface area contributed by atoms with Gasteiger partial charge in [-0.25, -0.2) is 0 Å². The maximum absolute atomic E-state index is 4.94. The summed E-state index contributed by atoms with van der Waals surface area (Å²) in [6.45, 7) is 2.58. The van der Waals surface area contributed by atoms with Crippen LogP contribution in [0.15, 0.2) is 5.10 Å². The first-order chi connectivity index (χ1) is 5.36. The van der Waals surface area contributed by atoms with Crippen molar-refractivity contribution in [2.75, 3.05) is 33.9 Å². The van der Waals surface area contributed by atoms with E-state index in [0.29, 0.717) is 6.04 Å². The monoisotopic (exact) mass is 157 g/mol. The van der Waals surface area contributed by atoms with Crippen LogP contribution in [0.25, 0.3) is 0 Å². The molecule has 0 radical (unpaired) electrons. The molecule has 4 nitrogen and oxygen atoms in total. The summed E-state index contributed by atoms with van der Waals surface area (Å²) in [5.41, 5.74) is 0. The SMILES string of the molecule is CNC1C=NN(CCOC)C1. The minimum atomic E-state index is 0.409. The Morgan fingerprint density at radius 2 is 2.64 bits per heavy atom. The molecule has 0 spiro atoms. The topological polar surface area (TPSA) is 36.9 Å². The van der Waals surface area contributed by atoms with Gasteiger partial charge in [-0.2, -0.15) is 5.10 Å². The lowest BCUT2D eigenvalue weighted by atomic mass is 10.3. The van der Waals surface area contributed by atoms with E-state index < -0.39 is 0 Å². The van der Waals surface area contributed by atoms with E-state index in [0.717, 1.165) is 19.7 Å². The second-order valence-electron chi connectivity index (χ2n) is 2.57. The highest BCUT2D eigenvalue weighted by Gasteiger charge is 2.14. The van der Waals surface area contributed by atoms with Crippen molar-refractivity contribution in [1.82, 2.24) is 10.3 Å². The van der Waals surface area contributed by atoms with Crippen molar-refractivity contribution in [2.24, 2.45) is 5.10 Å². The lowest BCUT2D eigenvalue weighted by molar-refractivity contribution is 0.154. The minimum absolute atomic E-state index is 0.409. The second kappa shape index (κ2) is 4.31. The zero-order chi connectivity index (χ0) is 8.10. The molecule has 0 saturated heterocycles. The molecule has 0 bridgehead atoms. The van der Waals surface area contributed by atoms with Crippen LogP contribution in [0.5, 0.6) is 0 Å². The van der Waals surface area contributed by atoms with Crippen LogP contribution in [0.1, 0.15) is 0 Å². The maximum Gasteiger partial charge on any atom is 0.0654 e. The zero-order valence-electron chi connectivity index (χ0n) is 7.08. The number of hydrazone groups is 1. The van der Waals surface area contributed by atoms with Gasteiger partial charge >= 0.3 is 0 Å². The molecule has 0 amide bonds. The second-order valence-corrected chi connectivity index (χ2v) is 2.57. The van der Waals surface area contributed by atoms with E-state index in [9.17, 15) is 0 Å². The molecule has 0 aromatic heterocycles. The van der Waals surface area contributed by atoms with Gasteiger partial charge in [0.05, 0.1) is 25.7 Å². The third-order valence-corrected chi connectivity index (χ3v) is 1.74. The average Bonchev–Trinajstić information content (AvgIpc) is 2.48. The third-order valence-electron chi connectivity index (χ3n) is 1.74. The van der Waals surface area contributed by atoms with Gasteiger partial charge in [0, 0.05) is 13.3 Å². The largest absolute Gasteiger partial charge is 0.383 e. The molecule has 1 unspecified atom stereocenters. The first-order valence-corrected chi connectivity index (χ1v) is 3.82. The number of nitrogens with zero attached hydrogens (tertiary/aromatic N) is 2. The Morgan fingerprint density at radius 3 is 3.18 bits per heavy atom. The summed E-state index contributed by atoms with van der Waals surface area (Å²) in [5.74, 6) is 0. The Bertz CT molecular complexity index is 138. The van der Waals surface area contributed by atoms with Gasteiger partial charge in [-0.1, -0.05) is 0 Å². The van der Waals surface area contributed by atoms with E-state index in [1.54, 1.807) is 7.11 Å². The van der Waals surface area contributed by atoms with Crippen LogP contribution in [0, 0.1) is 0 Å². The normalized spacial score (nSPS) is 23.1. The van der Waals surface area contributed by atoms with Crippen molar-refractivity contribution in [1.29, 1.82) is 0 Å². The number of hydrogen-bond donors (Lipinski definition) is 1. The van der Waals surface area contributed by atoms with Gasteiger partial charge in [0.1, 0.15) is 0 Å². The summed E-state index contributed by atoms with van der Waals surface area (Å²) >= 11 is 0. The Hall–Kier alpha value is -0.610. The van der Waals surface area contributed by atoms with Crippen LogP contribution in [-0.4, -0.2) is 51.1 Å². The van der Waals surface area contributed by atoms with Crippen LogP contribution < -0.4 is 5.32 Å². The predicted molar refractivity (Wildman–Crippen MR) is 44.8 cm³/mol. The molecule has 64 valence electrons. The number of ether oxygens (including phenoxy) is 1. The number of methoxy groups -OCH3 is 1. The van der Waals surface area contributed by atoms with Crippen LogP contribution >= 0.6 is 0 Å². The van der Waals surface area contributed by atoms with Crippen molar-refractivity contribution < 1.29 is 4.74 Å². The zero-order valence-corrected chi connectivity index (χ0v) is 7.08. The summed E-state index contributed by atoms with van der Waals surface area (Å²) in [4.78, 5) is 0. The molecule has 11 heavy (non-hydrogen) atoms. The minimum Gasteiger partial charge on any atom is -0.383 e. The fraction of sp³-hybridized carbons (Fsp3) is 0.857. The van der Waals surface area contributed by atoms with Gasteiger partial charge in [0.2, 0.25) is 0 Å². The highest BCUT2D eigenvalue weighted by Crippen LogP contribution is 1.99. The molecule has 0 aliphatic carbocycles. The Balaban J connectivity index is 2.15. The van der Waals surface area contributed by atoms with Crippen molar-refractivity contribution in [3.05, 3.63) is 0 Å². The van der Waals surface area contributed by atoms with Crippen LogP contribution in [0.3, 0.4) is 0 Å². The van der Waals surface area contributed by atoms with E-state index in [2.05, 4.69) is 10.4 Å². The predicted octanol–water partition coefficient (Wildman–Crippen LogP) is -0.478. The van der Waals surface area contributed by atoms with Gasteiger partial charge in [0.25, 0.3) is 0 Å². The van der Waals surface area contributed by atoms with Gasteiger partial charge < -0.3 is 10.1 Å². The fourth-order valence-electron chi connectivity index (χ4n) is 1.01. The van der Waals surface area contributed by atoms with E-state index in [1.807, 2.05) is 18.3 Å². The van der Waals surface area contributed by atoms with Crippen LogP contribution in [0.2, 0.25) is 0 Å². The van der Waals surface area contributed by atoms with E-state index in [-0.39, 0.29) is 0 Å². The van der Waals surface area contributed by atoms with E-state index in [4.69, 9.17) is 4.74 Å². The van der Waals surface area contributed by atoms with E-state index >= 15 is 0 Å². The molecule has 1 aliphatic rings. The Kier molecular flexibility index (Phi) is 3.32. The summed E-state index contributed by atoms with van der Waals surface area (Å²) in [6.07, 6.45) is 1.93. The molecule has 1 atom stereocenters. The van der Waals surface area contributed by atoms with E-state index in [1.165, 1.54) is 0 Å². The van der Waals surface area contributed by atoms with Crippen molar-refractivity contribution in [3.8, 4) is 0 Å². The van der Waals surface area contributed by atoms with Gasteiger partial charge in [-0.05, 0) is 7.05 Å². The summed E-state index contributed by atoms with van der Waals surface area (Å²) < 4.78 is 4.94. The third kappa shape index (κ3) is 2.48. The first-order valence-electron chi connectivity index (χ1n) is 3.82. The molecule has 1 N–H and O–H groups in total. The molecule has 1 rings (SSSR count). The molecule has 1 aliphatic heterocycles. The number of nitrogens with one attached hydrogen (secondary N) is 1. The van der Waals surface area contributed by atoms with Crippen molar-refractivity contribution >= 4 is 6.21 Å². The molecule has 0 aromatic carbocycles. The maximum atomic E-state index is 4.94. The highest BCUT2D eigenvalue weighted by molar-refractivity contribution is 5.66. The number of likely N-dealkylation sites (N-methyl/N-ethyl adjacent to an activating group) is 1. The highest BCUT2D eigenvalue weighted by atomic mass is 16.5. The number of hydrogen-bond acceptors (Lipinski definition) is 4. The Morgan fingerprint density at radius 1 is 1.82 bits per heavy atom.